The van der Waals surface area contributed by atoms with Crippen molar-refractivity contribution in [1.82, 2.24) is 9.80 Å². The Hall–Kier alpha value is -1.90. The number of rotatable bonds is 7. The van der Waals surface area contributed by atoms with Gasteiger partial charge in [-0.2, -0.15) is 0 Å². The molecule has 2 aromatic carbocycles. The van der Waals surface area contributed by atoms with Crippen molar-refractivity contribution in [2.45, 2.75) is 18.7 Å². The van der Waals surface area contributed by atoms with Crippen LogP contribution in [0.3, 0.4) is 0 Å². The summed E-state index contributed by atoms with van der Waals surface area (Å²) >= 11 is 3.35. The van der Waals surface area contributed by atoms with Crippen molar-refractivity contribution >= 4 is 31.7 Å². The molecule has 1 aliphatic heterocycles. The third-order valence-corrected chi connectivity index (χ3v) is 7.08. The van der Waals surface area contributed by atoms with Crippen molar-refractivity contribution in [2.24, 2.45) is 0 Å². The predicted molar refractivity (Wildman–Crippen MR) is 121 cm³/mol. The second kappa shape index (κ2) is 10.4. The van der Waals surface area contributed by atoms with Crippen molar-refractivity contribution in [3.63, 3.8) is 0 Å². The fourth-order valence-corrected chi connectivity index (χ4v) is 5.37. The molecule has 3 rings (SSSR count). The van der Waals surface area contributed by atoms with Crippen LogP contribution in [0.15, 0.2) is 53.0 Å². The number of amides is 1. The summed E-state index contributed by atoms with van der Waals surface area (Å²) in [6.07, 6.45) is 0.827. The summed E-state index contributed by atoms with van der Waals surface area (Å²) in [6.45, 7) is 3.53. The van der Waals surface area contributed by atoms with E-state index in [1.807, 2.05) is 30.3 Å². The van der Waals surface area contributed by atoms with Gasteiger partial charge in [0.25, 0.3) is 0 Å². The zero-order chi connectivity index (χ0) is 21.6. The minimum atomic E-state index is -3.52. The predicted octanol–water partition coefficient (Wildman–Crippen LogP) is 3.11. The summed E-state index contributed by atoms with van der Waals surface area (Å²) in [5.41, 5.74) is 1.87. The molecule has 2 aromatic rings. The van der Waals surface area contributed by atoms with Crippen molar-refractivity contribution in [1.29, 1.82) is 0 Å². The smallest absolute Gasteiger partial charge is 0.237 e. The summed E-state index contributed by atoms with van der Waals surface area (Å²) in [5.74, 6) is -0.0556. The molecular formula is C22H27BrN2O4S. The number of sulfone groups is 1. The van der Waals surface area contributed by atoms with Gasteiger partial charge in [0.05, 0.1) is 12.9 Å². The summed E-state index contributed by atoms with van der Waals surface area (Å²) in [7, 11) is -1.87. The molecular weight excluding hydrogens is 468 g/mol. The van der Waals surface area contributed by atoms with Gasteiger partial charge >= 0.3 is 0 Å². The summed E-state index contributed by atoms with van der Waals surface area (Å²) in [4.78, 5) is 16.6. The second-order valence-electron chi connectivity index (χ2n) is 7.52. The van der Waals surface area contributed by atoms with Gasteiger partial charge in [0.15, 0.2) is 9.84 Å². The van der Waals surface area contributed by atoms with Crippen LogP contribution in [0.5, 0.6) is 5.75 Å². The Kier molecular flexibility index (Phi) is 7.91. The van der Waals surface area contributed by atoms with E-state index in [9.17, 15) is 13.2 Å². The van der Waals surface area contributed by atoms with Crippen LogP contribution < -0.4 is 4.74 Å². The Morgan fingerprint density at radius 1 is 1.03 bits per heavy atom. The third kappa shape index (κ3) is 6.82. The highest BCUT2D eigenvalue weighted by Crippen LogP contribution is 2.16. The van der Waals surface area contributed by atoms with Crippen LogP contribution in [0.4, 0.5) is 0 Å². The topological polar surface area (TPSA) is 66.9 Å². The summed E-state index contributed by atoms with van der Waals surface area (Å²) in [5, 5.41) is 0. The van der Waals surface area contributed by atoms with Gasteiger partial charge in [0.1, 0.15) is 11.5 Å². The second-order valence-corrected chi connectivity index (χ2v) is 10.5. The van der Waals surface area contributed by atoms with Crippen LogP contribution >= 0.6 is 15.9 Å². The van der Waals surface area contributed by atoms with Gasteiger partial charge in [-0.15, -0.1) is 0 Å². The molecule has 0 N–H and O–H groups in total. The van der Waals surface area contributed by atoms with Crippen LogP contribution in [0.25, 0.3) is 0 Å². The quantitative estimate of drug-likeness (QED) is 0.591. The number of hydrogen-bond acceptors (Lipinski definition) is 5. The normalized spacial score (nSPS) is 15.6. The molecule has 0 saturated carbocycles. The van der Waals surface area contributed by atoms with E-state index in [-0.39, 0.29) is 11.7 Å². The van der Waals surface area contributed by atoms with E-state index in [2.05, 4.69) is 20.8 Å². The van der Waals surface area contributed by atoms with Crippen LogP contribution in [0.1, 0.15) is 17.5 Å². The van der Waals surface area contributed by atoms with E-state index >= 15 is 0 Å². The zero-order valence-corrected chi connectivity index (χ0v) is 19.5. The van der Waals surface area contributed by atoms with E-state index in [1.54, 1.807) is 30.2 Å². The van der Waals surface area contributed by atoms with E-state index in [4.69, 9.17) is 4.74 Å². The molecule has 1 saturated heterocycles. The highest BCUT2D eigenvalue weighted by molar-refractivity contribution is 9.10. The molecule has 0 unspecified atom stereocenters. The number of benzene rings is 2. The van der Waals surface area contributed by atoms with Crippen molar-refractivity contribution in [2.75, 3.05) is 39.0 Å². The van der Waals surface area contributed by atoms with Crippen molar-refractivity contribution in [3.8, 4) is 5.75 Å². The van der Waals surface area contributed by atoms with Crippen LogP contribution in [-0.4, -0.2) is 63.2 Å². The minimum absolute atomic E-state index is 0.129. The maximum absolute atomic E-state index is 12.7. The van der Waals surface area contributed by atoms with Crippen molar-refractivity contribution in [3.05, 3.63) is 64.1 Å². The molecule has 1 heterocycles. The first-order chi connectivity index (χ1) is 14.3. The molecule has 30 heavy (non-hydrogen) atoms. The lowest BCUT2D eigenvalue weighted by Crippen LogP contribution is -2.38. The zero-order valence-electron chi connectivity index (χ0n) is 17.1. The lowest BCUT2D eigenvalue weighted by atomic mass is 10.2. The van der Waals surface area contributed by atoms with Gasteiger partial charge in [-0.25, -0.2) is 8.42 Å². The minimum Gasteiger partial charge on any atom is -0.497 e. The molecule has 0 spiro atoms. The number of halogens is 1. The molecule has 0 radical (unpaired) electrons. The van der Waals surface area contributed by atoms with Crippen molar-refractivity contribution < 1.29 is 17.9 Å². The summed E-state index contributed by atoms with van der Waals surface area (Å²) in [6, 6.07) is 15.1. The molecule has 1 fully saturated rings. The summed E-state index contributed by atoms with van der Waals surface area (Å²) < 4.78 is 31.1. The largest absolute Gasteiger partial charge is 0.497 e. The SMILES string of the molecule is COc1ccc(CN2CCCN(C(=O)CS(=O)(=O)Cc3cccc(Br)c3)CC2)cc1. The number of hydrogen-bond donors (Lipinski definition) is 0. The Labute approximate surface area is 186 Å². The van der Waals surface area contributed by atoms with Gasteiger partial charge in [0, 0.05) is 37.2 Å². The Balaban J connectivity index is 1.53. The first-order valence-corrected chi connectivity index (χ1v) is 12.5. The molecule has 0 atom stereocenters. The molecule has 8 heteroatoms. The van der Waals surface area contributed by atoms with Gasteiger partial charge in [-0.1, -0.05) is 40.2 Å². The standard InChI is InChI=1S/C22H27BrN2O4S/c1-29-21-8-6-18(7-9-21)15-24-10-3-11-25(13-12-24)22(26)17-30(27,28)16-19-4-2-5-20(23)14-19/h2,4-9,14H,3,10-13,15-17H2,1H3. The first-order valence-electron chi connectivity index (χ1n) is 9.92. The molecule has 6 nitrogen and oxygen atoms in total. The molecule has 1 amide bonds. The van der Waals surface area contributed by atoms with E-state index < -0.39 is 15.6 Å². The van der Waals surface area contributed by atoms with E-state index in [0.29, 0.717) is 18.7 Å². The highest BCUT2D eigenvalue weighted by atomic mass is 79.9. The lowest BCUT2D eigenvalue weighted by molar-refractivity contribution is -0.128. The fraction of sp³-hybridized carbons (Fsp3) is 0.409. The average Bonchev–Trinajstić information content (AvgIpc) is 2.93. The fourth-order valence-electron chi connectivity index (χ4n) is 3.58. The molecule has 0 aliphatic carbocycles. The van der Waals surface area contributed by atoms with E-state index in [1.165, 1.54) is 5.56 Å². The lowest BCUT2D eigenvalue weighted by Gasteiger charge is -2.22. The van der Waals surface area contributed by atoms with E-state index in [0.717, 1.165) is 36.3 Å². The molecule has 162 valence electrons. The Bertz CT molecular complexity index is 963. The van der Waals surface area contributed by atoms with Gasteiger partial charge in [-0.3, -0.25) is 9.69 Å². The van der Waals surface area contributed by atoms with Gasteiger partial charge in [-0.05, 0) is 41.8 Å². The first kappa shape index (κ1) is 22.8. The monoisotopic (exact) mass is 494 g/mol. The Morgan fingerprint density at radius 2 is 1.80 bits per heavy atom. The number of ether oxygens (including phenoxy) is 1. The average molecular weight is 495 g/mol. The van der Waals surface area contributed by atoms with Gasteiger partial charge in [0.2, 0.25) is 5.91 Å². The number of carbonyl (C=O) groups excluding carboxylic acids is 1. The maximum Gasteiger partial charge on any atom is 0.237 e. The highest BCUT2D eigenvalue weighted by Gasteiger charge is 2.24. The van der Waals surface area contributed by atoms with Crippen LogP contribution in [0.2, 0.25) is 0 Å². The number of nitrogens with zero attached hydrogens (tertiary/aromatic N) is 2. The number of carbonyl (C=O) groups is 1. The van der Waals surface area contributed by atoms with Crippen LogP contribution in [0, 0.1) is 0 Å². The maximum atomic E-state index is 12.7. The molecule has 0 bridgehead atoms. The number of methoxy groups -OCH3 is 1. The van der Waals surface area contributed by atoms with Crippen LogP contribution in [-0.2, 0) is 26.9 Å². The Morgan fingerprint density at radius 3 is 2.50 bits per heavy atom. The molecule has 0 aromatic heterocycles. The van der Waals surface area contributed by atoms with Gasteiger partial charge < -0.3 is 9.64 Å². The third-order valence-electron chi connectivity index (χ3n) is 5.13. The molecule has 1 aliphatic rings.